The Kier molecular flexibility index (Phi) is 1.82. The summed E-state index contributed by atoms with van der Waals surface area (Å²) in [5.41, 5.74) is 8.99. The maximum atomic E-state index is 5.87. The van der Waals surface area contributed by atoms with E-state index in [2.05, 4.69) is 12.2 Å². The van der Waals surface area contributed by atoms with Gasteiger partial charge in [-0.15, -0.1) is 0 Å². The summed E-state index contributed by atoms with van der Waals surface area (Å²) in [5, 5.41) is 0. The van der Waals surface area contributed by atoms with Crippen LogP contribution in [0.4, 0.5) is 0 Å². The van der Waals surface area contributed by atoms with Crippen LogP contribution in [0.25, 0.3) is 0 Å². The lowest BCUT2D eigenvalue weighted by Crippen LogP contribution is -2.25. The van der Waals surface area contributed by atoms with Gasteiger partial charge in [0.2, 0.25) is 0 Å². The molecule has 60 valence electrons. The van der Waals surface area contributed by atoms with Gasteiger partial charge in [0.05, 0.1) is 0 Å². The molecule has 0 aromatic rings. The molecule has 1 fully saturated rings. The van der Waals surface area contributed by atoms with Crippen LogP contribution < -0.4 is 5.73 Å². The number of allylic oxidation sites excluding steroid dienone is 3. The lowest BCUT2D eigenvalue weighted by Gasteiger charge is -2.25. The summed E-state index contributed by atoms with van der Waals surface area (Å²) in [5.74, 6) is 0. The van der Waals surface area contributed by atoms with E-state index < -0.39 is 0 Å². The van der Waals surface area contributed by atoms with Crippen molar-refractivity contribution in [1.82, 2.24) is 0 Å². The quantitative estimate of drug-likeness (QED) is 0.561. The Hall–Kier alpha value is -0.560. The fourth-order valence-electron chi connectivity index (χ4n) is 1.98. The zero-order valence-corrected chi connectivity index (χ0v) is 6.84. The molecule has 0 bridgehead atoms. The van der Waals surface area contributed by atoms with Crippen molar-refractivity contribution in [3.05, 3.63) is 23.3 Å². The van der Waals surface area contributed by atoms with Crippen LogP contribution in [0.1, 0.15) is 32.1 Å². The number of rotatable bonds is 0. The molecule has 1 saturated carbocycles. The van der Waals surface area contributed by atoms with Gasteiger partial charge in [0.1, 0.15) is 0 Å². The van der Waals surface area contributed by atoms with Gasteiger partial charge in [0.25, 0.3) is 0 Å². The molecule has 0 aliphatic heterocycles. The molecule has 11 heavy (non-hydrogen) atoms. The Morgan fingerprint density at radius 1 is 1.18 bits per heavy atom. The lowest BCUT2D eigenvalue weighted by atomic mass is 9.83. The summed E-state index contributed by atoms with van der Waals surface area (Å²) in [6, 6.07) is 0.427. The standard InChI is InChI=1S/C10H15N/c11-10-6-5-8-3-1-2-4-9(8)7-10/h3-4,10H,1-2,5-7,11H2. The summed E-state index contributed by atoms with van der Waals surface area (Å²) in [7, 11) is 0. The molecule has 2 rings (SSSR count). The highest BCUT2D eigenvalue weighted by atomic mass is 14.6. The maximum absolute atomic E-state index is 5.87. The summed E-state index contributed by atoms with van der Waals surface area (Å²) >= 11 is 0. The third-order valence-electron chi connectivity index (χ3n) is 2.63. The fraction of sp³-hybridized carbons (Fsp3) is 0.600. The second-order valence-electron chi connectivity index (χ2n) is 3.54. The molecule has 0 heterocycles. The van der Waals surface area contributed by atoms with Gasteiger partial charge in [-0.1, -0.05) is 12.2 Å². The predicted octanol–water partition coefficient (Wildman–Crippen LogP) is 2.14. The van der Waals surface area contributed by atoms with Crippen LogP contribution in [0.2, 0.25) is 0 Å². The molecule has 0 amide bonds. The topological polar surface area (TPSA) is 26.0 Å². The van der Waals surface area contributed by atoms with Crippen molar-refractivity contribution in [2.24, 2.45) is 5.73 Å². The largest absolute Gasteiger partial charge is 0.327 e. The fourth-order valence-corrected chi connectivity index (χ4v) is 1.98. The van der Waals surface area contributed by atoms with Gasteiger partial charge in [-0.3, -0.25) is 0 Å². The zero-order chi connectivity index (χ0) is 7.68. The molecule has 1 unspecified atom stereocenters. The normalized spacial score (nSPS) is 30.5. The van der Waals surface area contributed by atoms with E-state index in [0.29, 0.717) is 6.04 Å². The first-order chi connectivity index (χ1) is 5.36. The van der Waals surface area contributed by atoms with Gasteiger partial charge in [-0.25, -0.2) is 0 Å². The third kappa shape index (κ3) is 1.38. The molecule has 0 aromatic carbocycles. The zero-order valence-electron chi connectivity index (χ0n) is 6.84. The highest BCUT2D eigenvalue weighted by molar-refractivity contribution is 5.36. The average Bonchev–Trinajstić information content (AvgIpc) is 2.04. The van der Waals surface area contributed by atoms with E-state index >= 15 is 0 Å². The Morgan fingerprint density at radius 2 is 1.91 bits per heavy atom. The van der Waals surface area contributed by atoms with E-state index in [1.165, 1.54) is 31.3 Å². The van der Waals surface area contributed by atoms with E-state index in [0.717, 1.165) is 6.42 Å². The van der Waals surface area contributed by atoms with Crippen molar-refractivity contribution in [2.45, 2.75) is 38.1 Å². The highest BCUT2D eigenvalue weighted by Gasteiger charge is 2.18. The van der Waals surface area contributed by atoms with Crippen LogP contribution in [0.3, 0.4) is 0 Å². The van der Waals surface area contributed by atoms with Gasteiger partial charge in [-0.2, -0.15) is 0 Å². The van der Waals surface area contributed by atoms with E-state index in [1.54, 1.807) is 5.57 Å². The van der Waals surface area contributed by atoms with Crippen molar-refractivity contribution in [3.63, 3.8) is 0 Å². The Morgan fingerprint density at radius 3 is 2.73 bits per heavy atom. The summed E-state index contributed by atoms with van der Waals surface area (Å²) in [6.07, 6.45) is 10.7. The van der Waals surface area contributed by atoms with Crippen LogP contribution >= 0.6 is 0 Å². The molecule has 0 saturated heterocycles. The van der Waals surface area contributed by atoms with Gasteiger partial charge in [0, 0.05) is 6.04 Å². The molecule has 0 radical (unpaired) electrons. The van der Waals surface area contributed by atoms with Gasteiger partial charge < -0.3 is 5.73 Å². The van der Waals surface area contributed by atoms with Crippen molar-refractivity contribution in [2.75, 3.05) is 0 Å². The molecular weight excluding hydrogens is 134 g/mol. The van der Waals surface area contributed by atoms with Gasteiger partial charge >= 0.3 is 0 Å². The lowest BCUT2D eigenvalue weighted by molar-refractivity contribution is 0.565. The molecule has 2 aliphatic rings. The molecule has 1 heteroatoms. The monoisotopic (exact) mass is 149 g/mol. The Balaban J connectivity index is 2.16. The van der Waals surface area contributed by atoms with E-state index in [1.807, 2.05) is 0 Å². The first kappa shape index (κ1) is 7.11. The van der Waals surface area contributed by atoms with Crippen LogP contribution in [0, 0.1) is 0 Å². The number of nitrogens with two attached hydrogens (primary N) is 1. The molecular formula is C10H15N. The number of fused-ring (bicyclic) bond motifs is 1. The van der Waals surface area contributed by atoms with Crippen LogP contribution in [0.5, 0.6) is 0 Å². The minimum Gasteiger partial charge on any atom is -0.327 e. The molecule has 2 aliphatic carbocycles. The highest BCUT2D eigenvalue weighted by Crippen LogP contribution is 2.31. The predicted molar refractivity (Wildman–Crippen MR) is 47.2 cm³/mol. The van der Waals surface area contributed by atoms with Crippen molar-refractivity contribution in [1.29, 1.82) is 0 Å². The molecule has 0 spiro atoms. The SMILES string of the molecule is NC1CCC2=CCCC=C2C1. The number of hydrogen-bond acceptors (Lipinski definition) is 1. The second kappa shape index (κ2) is 2.82. The van der Waals surface area contributed by atoms with E-state index in [4.69, 9.17) is 5.73 Å². The molecule has 1 atom stereocenters. The van der Waals surface area contributed by atoms with Gasteiger partial charge in [0.15, 0.2) is 0 Å². The Labute approximate surface area is 68.0 Å². The molecule has 0 aromatic heterocycles. The van der Waals surface area contributed by atoms with Crippen molar-refractivity contribution >= 4 is 0 Å². The molecule has 1 nitrogen and oxygen atoms in total. The maximum Gasteiger partial charge on any atom is 0.00824 e. The smallest absolute Gasteiger partial charge is 0.00824 e. The van der Waals surface area contributed by atoms with Crippen molar-refractivity contribution in [3.8, 4) is 0 Å². The minimum absolute atomic E-state index is 0.427. The summed E-state index contributed by atoms with van der Waals surface area (Å²) in [4.78, 5) is 0. The minimum atomic E-state index is 0.427. The average molecular weight is 149 g/mol. The third-order valence-corrected chi connectivity index (χ3v) is 2.63. The van der Waals surface area contributed by atoms with E-state index in [9.17, 15) is 0 Å². The van der Waals surface area contributed by atoms with Crippen LogP contribution in [-0.2, 0) is 0 Å². The first-order valence-corrected chi connectivity index (χ1v) is 4.50. The first-order valence-electron chi connectivity index (χ1n) is 4.50. The summed E-state index contributed by atoms with van der Waals surface area (Å²) in [6.45, 7) is 0. The van der Waals surface area contributed by atoms with E-state index in [-0.39, 0.29) is 0 Å². The summed E-state index contributed by atoms with van der Waals surface area (Å²) < 4.78 is 0. The van der Waals surface area contributed by atoms with Gasteiger partial charge in [-0.05, 0) is 43.3 Å². The van der Waals surface area contributed by atoms with Crippen LogP contribution in [-0.4, -0.2) is 6.04 Å². The van der Waals surface area contributed by atoms with Crippen LogP contribution in [0.15, 0.2) is 23.3 Å². The molecule has 2 N–H and O–H groups in total. The van der Waals surface area contributed by atoms with Crippen molar-refractivity contribution < 1.29 is 0 Å². The Bertz CT molecular complexity index is 213. The second-order valence-corrected chi connectivity index (χ2v) is 3.54. The number of hydrogen-bond donors (Lipinski definition) is 1.